The number of halogens is 1. The Morgan fingerprint density at radius 3 is 3.07 bits per heavy atom. The van der Waals surface area contributed by atoms with Crippen LogP contribution in [-0.4, -0.2) is 6.61 Å². The van der Waals surface area contributed by atoms with Crippen LogP contribution in [0.1, 0.15) is 6.92 Å². The number of rotatable bonds is 2. The highest BCUT2D eigenvalue weighted by molar-refractivity contribution is 7.70. The van der Waals surface area contributed by atoms with Crippen LogP contribution in [-0.2, 0) is 9.09 Å². The molecule has 2 rings (SSSR count). The third kappa shape index (κ3) is 1.96. The Hall–Kier alpha value is -0.760. The number of hydrogen-bond donors (Lipinski definition) is 0. The molecule has 0 saturated carbocycles. The maximum absolute atomic E-state index is 12.4. The number of fused-ring (bicyclic) bond motifs is 1. The lowest BCUT2D eigenvalue weighted by atomic mass is 10.3. The summed E-state index contributed by atoms with van der Waals surface area (Å²) in [5, 5.41) is 1.05. The minimum atomic E-state index is -2.92. The second-order valence-electron chi connectivity index (χ2n) is 3.03. The highest BCUT2D eigenvalue weighted by Gasteiger charge is 2.29. The van der Waals surface area contributed by atoms with Crippen molar-refractivity contribution in [3.05, 3.63) is 35.3 Å². The minimum absolute atomic E-state index is 0.383. The quantitative estimate of drug-likeness (QED) is 0.750. The molecule has 1 aromatic carbocycles. The molecule has 80 valence electrons. The zero-order valence-corrected chi connectivity index (χ0v) is 9.79. The third-order valence-electron chi connectivity index (χ3n) is 2.03. The van der Waals surface area contributed by atoms with E-state index in [4.69, 9.17) is 20.9 Å². The SMILES string of the molecule is CCO[P@]1(=O)C=COc2ccc(Cl)cc21. The molecule has 0 N–H and O–H groups in total. The normalized spacial score (nSPS) is 23.3. The molecule has 0 bridgehead atoms. The van der Waals surface area contributed by atoms with Gasteiger partial charge < -0.3 is 9.26 Å². The molecule has 15 heavy (non-hydrogen) atoms. The van der Waals surface area contributed by atoms with Crippen LogP contribution >= 0.6 is 19.0 Å². The van der Waals surface area contributed by atoms with E-state index >= 15 is 0 Å². The fraction of sp³-hybridized carbons (Fsp3) is 0.200. The highest BCUT2D eigenvalue weighted by Crippen LogP contribution is 2.51. The second kappa shape index (κ2) is 4.01. The number of benzene rings is 1. The molecule has 3 nitrogen and oxygen atoms in total. The van der Waals surface area contributed by atoms with Crippen LogP contribution in [0.15, 0.2) is 30.3 Å². The van der Waals surface area contributed by atoms with E-state index in [1.807, 2.05) is 0 Å². The first-order valence-electron chi connectivity index (χ1n) is 4.54. The van der Waals surface area contributed by atoms with E-state index in [0.29, 0.717) is 22.7 Å². The lowest BCUT2D eigenvalue weighted by molar-refractivity contribution is 0.343. The van der Waals surface area contributed by atoms with Crippen molar-refractivity contribution in [1.82, 2.24) is 0 Å². The van der Waals surface area contributed by atoms with Gasteiger partial charge >= 0.3 is 0 Å². The summed E-state index contributed by atoms with van der Waals surface area (Å²) >= 11 is 5.85. The fourth-order valence-electron chi connectivity index (χ4n) is 1.40. The van der Waals surface area contributed by atoms with E-state index in [2.05, 4.69) is 0 Å². The fourth-order valence-corrected chi connectivity index (χ4v) is 3.39. The first-order chi connectivity index (χ1) is 7.15. The number of ether oxygens (including phenoxy) is 1. The predicted octanol–water partition coefficient (Wildman–Crippen LogP) is 3.14. The molecular weight excluding hydrogens is 235 g/mol. The molecule has 0 unspecified atom stereocenters. The monoisotopic (exact) mass is 244 g/mol. The van der Waals surface area contributed by atoms with E-state index in [1.165, 1.54) is 12.1 Å². The summed E-state index contributed by atoms with van der Waals surface area (Å²) in [6.07, 6.45) is 1.40. The molecule has 1 aliphatic heterocycles. The second-order valence-corrected chi connectivity index (χ2v) is 5.70. The van der Waals surface area contributed by atoms with Crippen LogP contribution in [0.5, 0.6) is 5.75 Å². The molecule has 5 heteroatoms. The van der Waals surface area contributed by atoms with Crippen molar-refractivity contribution in [1.29, 1.82) is 0 Å². The lowest BCUT2D eigenvalue weighted by Crippen LogP contribution is -2.13. The van der Waals surface area contributed by atoms with Gasteiger partial charge in [-0.2, -0.15) is 0 Å². The number of hydrogen-bond acceptors (Lipinski definition) is 3. The Labute approximate surface area is 93.1 Å². The smallest absolute Gasteiger partial charge is 0.261 e. The topological polar surface area (TPSA) is 35.5 Å². The van der Waals surface area contributed by atoms with Gasteiger partial charge in [0.2, 0.25) is 0 Å². The molecular formula is C10H10ClO3P. The van der Waals surface area contributed by atoms with Gasteiger partial charge in [-0.05, 0) is 25.1 Å². The lowest BCUT2D eigenvalue weighted by Gasteiger charge is -2.20. The minimum Gasteiger partial charge on any atom is -0.464 e. The molecule has 0 spiro atoms. The van der Waals surface area contributed by atoms with Gasteiger partial charge in [0, 0.05) is 10.8 Å². The first-order valence-corrected chi connectivity index (χ1v) is 6.61. The zero-order chi connectivity index (χ0) is 10.9. The van der Waals surface area contributed by atoms with Crippen LogP contribution in [0.25, 0.3) is 0 Å². The molecule has 1 aromatic rings. The maximum Gasteiger partial charge on any atom is 0.261 e. The maximum atomic E-state index is 12.4. The predicted molar refractivity (Wildman–Crippen MR) is 60.1 cm³/mol. The average Bonchev–Trinajstić information content (AvgIpc) is 2.20. The summed E-state index contributed by atoms with van der Waals surface area (Å²) in [7, 11) is -2.92. The summed E-state index contributed by atoms with van der Waals surface area (Å²) in [6.45, 7) is 2.18. The van der Waals surface area contributed by atoms with Crippen molar-refractivity contribution >= 4 is 24.3 Å². The largest absolute Gasteiger partial charge is 0.464 e. The first kappa shape index (κ1) is 10.7. The Morgan fingerprint density at radius 1 is 1.53 bits per heavy atom. The van der Waals surface area contributed by atoms with Crippen molar-refractivity contribution in [3.8, 4) is 5.75 Å². The van der Waals surface area contributed by atoms with Crippen molar-refractivity contribution < 1.29 is 13.8 Å². The summed E-state index contributed by atoms with van der Waals surface area (Å²) in [5.74, 6) is 1.99. The van der Waals surface area contributed by atoms with Gasteiger partial charge in [-0.25, -0.2) is 0 Å². The molecule has 0 fully saturated rings. The Morgan fingerprint density at radius 2 is 2.33 bits per heavy atom. The molecule has 1 heterocycles. The molecule has 0 aliphatic carbocycles. The standard InChI is InChI=1S/C10H10ClO3P/c1-2-14-15(12)6-5-13-9-4-3-8(11)7-10(9)15/h3-7H,2H2,1H3/t15-/m1/s1. The van der Waals surface area contributed by atoms with Crippen LogP contribution in [0.2, 0.25) is 5.02 Å². The van der Waals surface area contributed by atoms with E-state index in [0.717, 1.165) is 0 Å². The van der Waals surface area contributed by atoms with E-state index in [-0.39, 0.29) is 0 Å². The van der Waals surface area contributed by atoms with Gasteiger partial charge in [-0.15, -0.1) is 0 Å². The van der Waals surface area contributed by atoms with Crippen molar-refractivity contribution in [2.24, 2.45) is 0 Å². The molecule has 0 amide bonds. The van der Waals surface area contributed by atoms with Crippen LogP contribution in [0, 0.1) is 0 Å². The summed E-state index contributed by atoms with van der Waals surface area (Å²) < 4.78 is 22.9. The Bertz CT molecular complexity index is 456. The molecule has 0 radical (unpaired) electrons. The summed E-state index contributed by atoms with van der Waals surface area (Å²) in [6, 6.07) is 5.00. The van der Waals surface area contributed by atoms with Crippen LogP contribution < -0.4 is 10.0 Å². The van der Waals surface area contributed by atoms with Crippen molar-refractivity contribution in [3.63, 3.8) is 0 Å². The van der Waals surface area contributed by atoms with Crippen LogP contribution in [0.3, 0.4) is 0 Å². The highest BCUT2D eigenvalue weighted by atomic mass is 35.5. The van der Waals surface area contributed by atoms with Gasteiger partial charge in [-0.1, -0.05) is 11.6 Å². The molecule has 0 saturated heterocycles. The molecule has 0 aromatic heterocycles. The zero-order valence-electron chi connectivity index (χ0n) is 8.14. The third-order valence-corrected chi connectivity index (χ3v) is 4.44. The van der Waals surface area contributed by atoms with Crippen molar-refractivity contribution in [2.75, 3.05) is 6.61 Å². The summed E-state index contributed by atoms with van der Waals surface area (Å²) in [5.41, 5.74) is 0. The van der Waals surface area contributed by atoms with E-state index in [1.54, 1.807) is 25.1 Å². The van der Waals surface area contributed by atoms with Gasteiger partial charge in [-0.3, -0.25) is 4.57 Å². The Balaban J connectivity index is 2.54. The van der Waals surface area contributed by atoms with Crippen molar-refractivity contribution in [2.45, 2.75) is 6.92 Å². The van der Waals surface area contributed by atoms with Gasteiger partial charge in [0.25, 0.3) is 7.37 Å². The van der Waals surface area contributed by atoms with Crippen LogP contribution in [0.4, 0.5) is 0 Å². The Kier molecular flexibility index (Phi) is 2.87. The summed E-state index contributed by atoms with van der Waals surface area (Å²) in [4.78, 5) is 0. The molecule has 1 aliphatic rings. The van der Waals surface area contributed by atoms with Gasteiger partial charge in [0.1, 0.15) is 5.75 Å². The van der Waals surface area contributed by atoms with Gasteiger partial charge in [0.05, 0.1) is 18.2 Å². The van der Waals surface area contributed by atoms with Gasteiger partial charge in [0.15, 0.2) is 0 Å². The molecule has 1 atom stereocenters. The van der Waals surface area contributed by atoms with E-state index < -0.39 is 7.37 Å². The van der Waals surface area contributed by atoms with E-state index in [9.17, 15) is 4.57 Å². The average molecular weight is 245 g/mol.